The zero-order chi connectivity index (χ0) is 13.2. The minimum absolute atomic E-state index is 0.118. The molecular weight excluding hydrogens is 244 g/mol. The van der Waals surface area contributed by atoms with Crippen LogP contribution in [-0.2, 0) is 9.53 Å². The number of nitrogens with one attached hydrogen (secondary N) is 1. The van der Waals surface area contributed by atoms with E-state index in [1.807, 2.05) is 11.8 Å². The lowest BCUT2D eigenvalue weighted by atomic mass is 10.1. The predicted molar refractivity (Wildman–Crippen MR) is 68.3 cm³/mol. The smallest absolute Gasteiger partial charge is 0.226 e. The van der Waals surface area contributed by atoms with E-state index in [-0.39, 0.29) is 17.9 Å². The summed E-state index contributed by atoms with van der Waals surface area (Å²) < 4.78 is 5.67. The predicted octanol–water partition coefficient (Wildman–Crippen LogP) is 0.979. The molecular formula is C13H18N4O2. The fraction of sp³-hybridized carbons (Fsp3) is 0.615. The third kappa shape index (κ3) is 2.53. The summed E-state index contributed by atoms with van der Waals surface area (Å²) >= 11 is 0. The van der Waals surface area contributed by atoms with Gasteiger partial charge in [-0.3, -0.25) is 9.89 Å². The molecule has 19 heavy (non-hydrogen) atoms. The number of aromatic amines is 1. The fourth-order valence-corrected chi connectivity index (χ4v) is 2.59. The Labute approximate surface area is 111 Å². The van der Waals surface area contributed by atoms with Crippen LogP contribution in [0.5, 0.6) is 0 Å². The van der Waals surface area contributed by atoms with E-state index in [4.69, 9.17) is 4.74 Å². The molecule has 6 heteroatoms. The normalized spacial score (nSPS) is 24.1. The Kier molecular flexibility index (Phi) is 3.33. The molecule has 1 atom stereocenters. The first-order valence-electron chi connectivity index (χ1n) is 6.68. The summed E-state index contributed by atoms with van der Waals surface area (Å²) in [4.78, 5) is 18.5. The number of nitrogens with zero attached hydrogens (tertiary/aromatic N) is 3. The average molecular weight is 262 g/mol. The van der Waals surface area contributed by atoms with E-state index in [0.29, 0.717) is 25.5 Å². The molecule has 6 nitrogen and oxygen atoms in total. The molecule has 2 aliphatic rings. The number of aromatic nitrogens is 3. The van der Waals surface area contributed by atoms with E-state index < -0.39 is 0 Å². The first-order valence-corrected chi connectivity index (χ1v) is 6.68. The molecule has 1 amide bonds. The molecule has 0 saturated carbocycles. The highest BCUT2D eigenvalue weighted by Crippen LogP contribution is 2.24. The van der Waals surface area contributed by atoms with Gasteiger partial charge in [0.25, 0.3) is 0 Å². The number of amides is 1. The van der Waals surface area contributed by atoms with Crippen molar-refractivity contribution < 1.29 is 9.53 Å². The Morgan fingerprint density at radius 2 is 2.26 bits per heavy atom. The van der Waals surface area contributed by atoms with Gasteiger partial charge in [0.15, 0.2) is 5.82 Å². The average Bonchev–Trinajstić information content (AvgIpc) is 3.09. The van der Waals surface area contributed by atoms with Gasteiger partial charge in [0.2, 0.25) is 5.91 Å². The molecule has 1 unspecified atom stereocenters. The van der Waals surface area contributed by atoms with Gasteiger partial charge in [-0.25, -0.2) is 4.98 Å². The van der Waals surface area contributed by atoms with Crippen LogP contribution in [0.1, 0.15) is 30.6 Å². The molecule has 102 valence electrons. The zero-order valence-electron chi connectivity index (χ0n) is 11.0. The third-order valence-electron chi connectivity index (χ3n) is 3.64. The van der Waals surface area contributed by atoms with E-state index >= 15 is 0 Å². The SMILES string of the molecule is Cc1nc(C2CN(C(=O)C3CC=CC3)CCO2)n[nH]1. The van der Waals surface area contributed by atoms with E-state index in [2.05, 4.69) is 27.3 Å². The second-order valence-corrected chi connectivity index (χ2v) is 5.06. The molecule has 1 aromatic rings. The molecule has 0 bridgehead atoms. The molecule has 0 spiro atoms. The Balaban J connectivity index is 1.66. The van der Waals surface area contributed by atoms with Crippen molar-refractivity contribution in [3.63, 3.8) is 0 Å². The number of aryl methyl sites for hydroxylation is 1. The fourth-order valence-electron chi connectivity index (χ4n) is 2.59. The Morgan fingerprint density at radius 3 is 2.95 bits per heavy atom. The van der Waals surface area contributed by atoms with Crippen LogP contribution in [0, 0.1) is 12.8 Å². The summed E-state index contributed by atoms with van der Waals surface area (Å²) in [7, 11) is 0. The van der Waals surface area contributed by atoms with Crippen LogP contribution in [0.4, 0.5) is 0 Å². The lowest BCUT2D eigenvalue weighted by molar-refractivity contribution is -0.143. The van der Waals surface area contributed by atoms with Crippen molar-refractivity contribution in [3.8, 4) is 0 Å². The second-order valence-electron chi connectivity index (χ2n) is 5.06. The molecule has 1 N–H and O–H groups in total. The van der Waals surface area contributed by atoms with Gasteiger partial charge >= 0.3 is 0 Å². The number of rotatable bonds is 2. The molecule has 2 heterocycles. The van der Waals surface area contributed by atoms with Gasteiger partial charge < -0.3 is 9.64 Å². The molecule has 1 aliphatic heterocycles. The van der Waals surface area contributed by atoms with Crippen molar-refractivity contribution >= 4 is 5.91 Å². The zero-order valence-corrected chi connectivity index (χ0v) is 11.0. The minimum atomic E-state index is -0.211. The van der Waals surface area contributed by atoms with Crippen molar-refractivity contribution in [1.29, 1.82) is 0 Å². The Bertz CT molecular complexity index is 489. The molecule has 1 saturated heterocycles. The monoisotopic (exact) mass is 262 g/mol. The van der Waals surface area contributed by atoms with Crippen LogP contribution in [-0.4, -0.2) is 45.7 Å². The number of ether oxygens (including phenoxy) is 1. The standard InChI is InChI=1S/C13H18N4O2/c1-9-14-12(16-15-9)11-8-17(6-7-19-11)13(18)10-4-2-3-5-10/h2-3,10-11H,4-8H2,1H3,(H,14,15,16). The van der Waals surface area contributed by atoms with E-state index in [9.17, 15) is 4.79 Å². The summed E-state index contributed by atoms with van der Waals surface area (Å²) in [6.45, 7) is 3.61. The van der Waals surface area contributed by atoms with E-state index in [1.54, 1.807) is 0 Å². The largest absolute Gasteiger partial charge is 0.366 e. The van der Waals surface area contributed by atoms with Gasteiger partial charge in [-0.05, 0) is 19.8 Å². The van der Waals surface area contributed by atoms with Gasteiger partial charge in [-0.2, -0.15) is 5.10 Å². The van der Waals surface area contributed by atoms with Crippen molar-refractivity contribution in [3.05, 3.63) is 23.8 Å². The molecule has 1 aromatic heterocycles. The van der Waals surface area contributed by atoms with Crippen LogP contribution < -0.4 is 0 Å². The molecule has 0 radical (unpaired) electrons. The lowest BCUT2D eigenvalue weighted by Gasteiger charge is -2.33. The van der Waals surface area contributed by atoms with Gasteiger partial charge in [0.1, 0.15) is 11.9 Å². The van der Waals surface area contributed by atoms with Crippen molar-refractivity contribution in [2.24, 2.45) is 5.92 Å². The van der Waals surface area contributed by atoms with Gasteiger partial charge in [-0.1, -0.05) is 12.2 Å². The molecule has 1 aliphatic carbocycles. The molecule has 3 rings (SSSR count). The molecule has 0 aromatic carbocycles. The Hall–Kier alpha value is -1.69. The first-order chi connectivity index (χ1) is 9.24. The first kappa shape index (κ1) is 12.3. The highest BCUT2D eigenvalue weighted by molar-refractivity contribution is 5.79. The number of carbonyl (C=O) groups is 1. The topological polar surface area (TPSA) is 71.1 Å². The van der Waals surface area contributed by atoms with Gasteiger partial charge in [0, 0.05) is 12.5 Å². The highest BCUT2D eigenvalue weighted by atomic mass is 16.5. The number of H-pyrrole nitrogens is 1. The highest BCUT2D eigenvalue weighted by Gasteiger charge is 2.31. The van der Waals surface area contributed by atoms with Crippen LogP contribution in [0.2, 0.25) is 0 Å². The van der Waals surface area contributed by atoms with E-state index in [0.717, 1.165) is 18.7 Å². The number of hydrogen-bond donors (Lipinski definition) is 1. The number of allylic oxidation sites excluding steroid dienone is 2. The Morgan fingerprint density at radius 1 is 1.47 bits per heavy atom. The van der Waals surface area contributed by atoms with Gasteiger partial charge in [0.05, 0.1) is 13.2 Å². The van der Waals surface area contributed by atoms with E-state index in [1.165, 1.54) is 0 Å². The minimum Gasteiger partial charge on any atom is -0.366 e. The van der Waals surface area contributed by atoms with Crippen molar-refractivity contribution in [2.45, 2.75) is 25.9 Å². The van der Waals surface area contributed by atoms with Crippen LogP contribution >= 0.6 is 0 Å². The summed E-state index contributed by atoms with van der Waals surface area (Å²) in [5.41, 5.74) is 0. The van der Waals surface area contributed by atoms with Crippen molar-refractivity contribution in [1.82, 2.24) is 20.1 Å². The van der Waals surface area contributed by atoms with Gasteiger partial charge in [-0.15, -0.1) is 0 Å². The lowest BCUT2D eigenvalue weighted by Crippen LogP contribution is -2.44. The quantitative estimate of drug-likeness (QED) is 0.806. The third-order valence-corrected chi connectivity index (χ3v) is 3.64. The maximum absolute atomic E-state index is 12.4. The van der Waals surface area contributed by atoms with Crippen LogP contribution in [0.15, 0.2) is 12.2 Å². The van der Waals surface area contributed by atoms with Crippen LogP contribution in [0.25, 0.3) is 0 Å². The summed E-state index contributed by atoms with van der Waals surface area (Å²) in [5.74, 6) is 1.75. The summed E-state index contributed by atoms with van der Waals surface area (Å²) in [6, 6.07) is 0. The van der Waals surface area contributed by atoms with Crippen molar-refractivity contribution in [2.75, 3.05) is 19.7 Å². The maximum atomic E-state index is 12.4. The number of morpholine rings is 1. The summed E-state index contributed by atoms with van der Waals surface area (Å²) in [6.07, 6.45) is 5.68. The number of carbonyl (C=O) groups excluding carboxylic acids is 1. The molecule has 1 fully saturated rings. The number of hydrogen-bond acceptors (Lipinski definition) is 4. The summed E-state index contributed by atoms with van der Waals surface area (Å²) in [5, 5.41) is 6.93. The van der Waals surface area contributed by atoms with Crippen LogP contribution in [0.3, 0.4) is 0 Å². The maximum Gasteiger partial charge on any atom is 0.226 e. The second kappa shape index (κ2) is 5.13.